The fraction of sp³-hybridized carbons (Fsp3) is 0.444. The van der Waals surface area contributed by atoms with Crippen molar-refractivity contribution in [3.63, 3.8) is 0 Å². The molecule has 0 N–H and O–H groups in total. The number of rotatable bonds is 4. The van der Waals surface area contributed by atoms with Crippen LogP contribution < -0.4 is 14.4 Å². The lowest BCUT2D eigenvalue weighted by Crippen LogP contribution is -2.24. The maximum atomic E-state index is 5.59. The molecule has 0 amide bonds. The molecule has 1 fully saturated rings. The summed E-state index contributed by atoms with van der Waals surface area (Å²) in [6, 6.07) is 8.36. The van der Waals surface area contributed by atoms with Gasteiger partial charge >= 0.3 is 0 Å². The molecule has 2 heterocycles. The van der Waals surface area contributed by atoms with Crippen LogP contribution >= 0.6 is 0 Å². The first-order valence-electron chi connectivity index (χ1n) is 7.93. The van der Waals surface area contributed by atoms with Crippen molar-refractivity contribution in [2.24, 2.45) is 0 Å². The van der Waals surface area contributed by atoms with E-state index in [0.29, 0.717) is 0 Å². The van der Waals surface area contributed by atoms with E-state index in [1.165, 1.54) is 5.56 Å². The minimum atomic E-state index is 0.268. The average molecular weight is 313 g/mol. The second-order valence-corrected chi connectivity index (χ2v) is 5.87. The highest BCUT2D eigenvalue weighted by Crippen LogP contribution is 2.40. The van der Waals surface area contributed by atoms with Crippen molar-refractivity contribution >= 4 is 5.82 Å². The van der Waals surface area contributed by atoms with E-state index in [0.717, 1.165) is 48.2 Å². The Hall–Kier alpha value is -2.30. The first-order valence-corrected chi connectivity index (χ1v) is 7.93. The van der Waals surface area contributed by atoms with Crippen molar-refractivity contribution in [2.75, 3.05) is 25.7 Å². The van der Waals surface area contributed by atoms with Crippen LogP contribution in [0.15, 0.2) is 24.3 Å². The Morgan fingerprint density at radius 1 is 1.09 bits per heavy atom. The fourth-order valence-electron chi connectivity index (χ4n) is 3.30. The van der Waals surface area contributed by atoms with Gasteiger partial charge in [0.2, 0.25) is 0 Å². The molecule has 0 spiro atoms. The standard InChI is InChI=1S/C18H23N3O2/c1-12-10-18(20-13(2)19-12)21-9-5-6-16(21)15-8-7-14(22-3)11-17(15)23-4/h7-8,10-11,16H,5-6,9H2,1-4H3. The molecule has 1 aliphatic rings. The minimum Gasteiger partial charge on any atom is -0.497 e. The third kappa shape index (κ3) is 3.09. The lowest BCUT2D eigenvalue weighted by molar-refractivity contribution is 0.388. The number of benzene rings is 1. The van der Waals surface area contributed by atoms with Gasteiger partial charge in [-0.2, -0.15) is 0 Å². The Kier molecular flexibility index (Phi) is 4.37. The number of aryl methyl sites for hydroxylation is 2. The van der Waals surface area contributed by atoms with Gasteiger partial charge in [-0.15, -0.1) is 0 Å². The Bertz CT molecular complexity index is 682. The number of aromatic nitrogens is 2. The van der Waals surface area contributed by atoms with Gasteiger partial charge in [0.05, 0.1) is 20.3 Å². The largest absolute Gasteiger partial charge is 0.497 e. The van der Waals surface area contributed by atoms with Gasteiger partial charge in [0, 0.05) is 29.9 Å². The monoisotopic (exact) mass is 313 g/mol. The summed E-state index contributed by atoms with van der Waals surface area (Å²) in [5.74, 6) is 3.48. The van der Waals surface area contributed by atoms with E-state index in [1.807, 2.05) is 26.0 Å². The molecule has 0 radical (unpaired) electrons. The van der Waals surface area contributed by atoms with Crippen LogP contribution in [0, 0.1) is 13.8 Å². The Labute approximate surface area is 137 Å². The number of ether oxygens (including phenoxy) is 2. The van der Waals surface area contributed by atoms with Crippen molar-refractivity contribution < 1.29 is 9.47 Å². The van der Waals surface area contributed by atoms with Crippen LogP contribution in [0.4, 0.5) is 5.82 Å². The summed E-state index contributed by atoms with van der Waals surface area (Å²) >= 11 is 0. The molecule has 0 saturated carbocycles. The molecular formula is C18H23N3O2. The number of hydrogen-bond donors (Lipinski definition) is 0. The molecule has 2 aromatic rings. The summed E-state index contributed by atoms with van der Waals surface area (Å²) < 4.78 is 10.9. The van der Waals surface area contributed by atoms with Crippen LogP contribution in [0.2, 0.25) is 0 Å². The molecule has 1 atom stereocenters. The average Bonchev–Trinajstić information content (AvgIpc) is 3.02. The van der Waals surface area contributed by atoms with Gasteiger partial charge in [0.25, 0.3) is 0 Å². The van der Waals surface area contributed by atoms with Crippen molar-refractivity contribution in [3.05, 3.63) is 41.3 Å². The Balaban J connectivity index is 1.98. The van der Waals surface area contributed by atoms with E-state index < -0.39 is 0 Å². The zero-order valence-electron chi connectivity index (χ0n) is 14.2. The molecule has 1 aromatic heterocycles. The van der Waals surface area contributed by atoms with E-state index in [9.17, 15) is 0 Å². The normalized spacial score (nSPS) is 17.4. The van der Waals surface area contributed by atoms with Crippen LogP contribution in [-0.2, 0) is 0 Å². The molecule has 3 rings (SSSR count). The highest BCUT2D eigenvalue weighted by atomic mass is 16.5. The van der Waals surface area contributed by atoms with Gasteiger partial charge in [-0.25, -0.2) is 9.97 Å². The molecule has 0 bridgehead atoms. The van der Waals surface area contributed by atoms with Gasteiger partial charge in [-0.3, -0.25) is 0 Å². The van der Waals surface area contributed by atoms with E-state index >= 15 is 0 Å². The third-order valence-corrected chi connectivity index (χ3v) is 4.30. The molecule has 0 aliphatic carbocycles. The highest BCUT2D eigenvalue weighted by Gasteiger charge is 2.29. The Morgan fingerprint density at radius 2 is 1.91 bits per heavy atom. The third-order valence-electron chi connectivity index (χ3n) is 4.30. The molecule has 122 valence electrons. The van der Waals surface area contributed by atoms with E-state index in [1.54, 1.807) is 14.2 Å². The maximum Gasteiger partial charge on any atom is 0.133 e. The number of methoxy groups -OCH3 is 2. The van der Waals surface area contributed by atoms with Crippen molar-refractivity contribution in [2.45, 2.75) is 32.7 Å². The molecular weight excluding hydrogens is 290 g/mol. The van der Waals surface area contributed by atoms with Crippen LogP contribution in [0.1, 0.15) is 36.0 Å². The van der Waals surface area contributed by atoms with E-state index in [2.05, 4.69) is 27.0 Å². The summed E-state index contributed by atoms with van der Waals surface area (Å²) in [5, 5.41) is 0. The molecule has 1 aliphatic heterocycles. The number of anilines is 1. The second kappa shape index (κ2) is 6.44. The lowest BCUT2D eigenvalue weighted by atomic mass is 10.0. The first-order chi connectivity index (χ1) is 11.1. The van der Waals surface area contributed by atoms with Gasteiger partial charge in [-0.1, -0.05) is 0 Å². The van der Waals surface area contributed by atoms with Crippen LogP contribution in [0.25, 0.3) is 0 Å². The van der Waals surface area contributed by atoms with Crippen LogP contribution in [0.5, 0.6) is 11.5 Å². The molecule has 1 aromatic carbocycles. The maximum absolute atomic E-state index is 5.59. The summed E-state index contributed by atoms with van der Waals surface area (Å²) in [4.78, 5) is 11.4. The van der Waals surface area contributed by atoms with Gasteiger partial charge in [0.15, 0.2) is 0 Å². The smallest absolute Gasteiger partial charge is 0.133 e. The lowest BCUT2D eigenvalue weighted by Gasteiger charge is -2.27. The van der Waals surface area contributed by atoms with Gasteiger partial charge in [0.1, 0.15) is 23.1 Å². The molecule has 1 saturated heterocycles. The predicted octanol–water partition coefficient (Wildman–Crippen LogP) is 3.45. The minimum absolute atomic E-state index is 0.268. The summed E-state index contributed by atoms with van der Waals surface area (Å²) in [7, 11) is 3.37. The van der Waals surface area contributed by atoms with Crippen molar-refractivity contribution in [1.29, 1.82) is 0 Å². The summed E-state index contributed by atoms with van der Waals surface area (Å²) in [6.45, 7) is 4.95. The quantitative estimate of drug-likeness (QED) is 0.865. The van der Waals surface area contributed by atoms with Crippen molar-refractivity contribution in [3.8, 4) is 11.5 Å². The zero-order valence-corrected chi connectivity index (χ0v) is 14.2. The second-order valence-electron chi connectivity index (χ2n) is 5.87. The first kappa shape index (κ1) is 15.6. The zero-order chi connectivity index (χ0) is 16.4. The van der Waals surface area contributed by atoms with E-state index in [4.69, 9.17) is 9.47 Å². The van der Waals surface area contributed by atoms with Crippen molar-refractivity contribution in [1.82, 2.24) is 9.97 Å². The van der Waals surface area contributed by atoms with Gasteiger partial charge in [-0.05, 0) is 38.8 Å². The number of hydrogen-bond acceptors (Lipinski definition) is 5. The highest BCUT2D eigenvalue weighted by molar-refractivity contribution is 5.50. The summed E-state index contributed by atoms with van der Waals surface area (Å²) in [6.07, 6.45) is 2.23. The SMILES string of the molecule is COc1ccc(C2CCCN2c2cc(C)nc(C)n2)c(OC)c1. The molecule has 1 unspecified atom stereocenters. The number of nitrogens with zero attached hydrogens (tertiary/aromatic N) is 3. The van der Waals surface area contributed by atoms with Crippen LogP contribution in [-0.4, -0.2) is 30.7 Å². The fourth-order valence-corrected chi connectivity index (χ4v) is 3.30. The van der Waals surface area contributed by atoms with E-state index in [-0.39, 0.29) is 6.04 Å². The topological polar surface area (TPSA) is 47.5 Å². The molecule has 5 heteroatoms. The molecule has 23 heavy (non-hydrogen) atoms. The van der Waals surface area contributed by atoms with Crippen LogP contribution in [0.3, 0.4) is 0 Å². The Morgan fingerprint density at radius 3 is 2.61 bits per heavy atom. The van der Waals surface area contributed by atoms with Gasteiger partial charge < -0.3 is 14.4 Å². The summed E-state index contributed by atoms with van der Waals surface area (Å²) in [5.41, 5.74) is 2.18. The predicted molar refractivity (Wildman–Crippen MR) is 90.4 cm³/mol. The molecule has 5 nitrogen and oxygen atoms in total.